The van der Waals surface area contributed by atoms with Gasteiger partial charge in [-0.2, -0.15) is 0 Å². The highest BCUT2D eigenvalue weighted by Crippen LogP contribution is 2.52. The fraction of sp³-hybridized carbons (Fsp3) is 0.545. The monoisotopic (exact) mass is 383 g/mol. The fourth-order valence-electron chi connectivity index (χ4n) is 4.73. The third-order valence-corrected chi connectivity index (χ3v) is 6.68. The summed E-state index contributed by atoms with van der Waals surface area (Å²) in [6.07, 6.45) is 5.58. The molecule has 4 N–H and O–H groups in total. The molecule has 2 heterocycles. The molecular formula is C22H29N3O3. The van der Waals surface area contributed by atoms with Crippen LogP contribution in [0.2, 0.25) is 0 Å². The molecule has 0 bridgehead atoms. The van der Waals surface area contributed by atoms with Crippen LogP contribution < -0.4 is 16.1 Å². The maximum atomic E-state index is 13.3. The number of Topliss-reactive ketones (excluding diaryl/α,β-unsaturated/α-hetero) is 1. The molecule has 150 valence electrons. The van der Waals surface area contributed by atoms with Crippen LogP contribution in [0.1, 0.15) is 42.4 Å². The van der Waals surface area contributed by atoms with Crippen molar-refractivity contribution in [2.45, 2.75) is 51.6 Å². The molecule has 0 radical (unpaired) electrons. The van der Waals surface area contributed by atoms with Crippen LogP contribution in [-0.2, 0) is 9.59 Å². The summed E-state index contributed by atoms with van der Waals surface area (Å²) in [6, 6.07) is 5.49. The second kappa shape index (κ2) is 7.43. The van der Waals surface area contributed by atoms with Gasteiger partial charge in [-0.3, -0.25) is 14.8 Å². The first-order valence-corrected chi connectivity index (χ1v) is 10.1. The van der Waals surface area contributed by atoms with Crippen LogP contribution in [0.25, 0.3) is 5.57 Å². The van der Waals surface area contributed by atoms with E-state index in [1.807, 2.05) is 0 Å². The van der Waals surface area contributed by atoms with Crippen molar-refractivity contribution in [1.29, 1.82) is 0 Å². The maximum Gasteiger partial charge on any atom is 0.248 e. The summed E-state index contributed by atoms with van der Waals surface area (Å²) in [5.41, 5.74) is 6.68. The van der Waals surface area contributed by atoms with E-state index in [0.717, 1.165) is 19.4 Å². The van der Waals surface area contributed by atoms with Gasteiger partial charge in [-0.05, 0) is 61.6 Å². The first kappa shape index (κ1) is 19.3. The van der Waals surface area contributed by atoms with Gasteiger partial charge in [-0.1, -0.05) is 29.8 Å². The third-order valence-electron chi connectivity index (χ3n) is 6.68. The fourth-order valence-corrected chi connectivity index (χ4v) is 4.73. The molecule has 0 aromatic heterocycles. The molecule has 6 nitrogen and oxygen atoms in total. The average Bonchev–Trinajstić information content (AvgIpc) is 3.47. The van der Waals surface area contributed by atoms with Gasteiger partial charge in [0, 0.05) is 13.1 Å². The lowest BCUT2D eigenvalue weighted by Gasteiger charge is -2.37. The summed E-state index contributed by atoms with van der Waals surface area (Å²) in [5, 5.41) is 15.8. The SMILES string of the molecule is Cc1ccc(C)c(C2=CCNC(C(=O)C3NCC4(CC4)CC3C(=O)NO)C2)c1. The summed E-state index contributed by atoms with van der Waals surface area (Å²) in [5.74, 6) is -0.969. The summed E-state index contributed by atoms with van der Waals surface area (Å²) >= 11 is 0. The number of hydroxylamine groups is 1. The minimum absolute atomic E-state index is 0.0139. The van der Waals surface area contributed by atoms with Gasteiger partial charge in [0.15, 0.2) is 5.78 Å². The highest BCUT2D eigenvalue weighted by Gasteiger charge is 2.52. The van der Waals surface area contributed by atoms with Crippen molar-refractivity contribution in [1.82, 2.24) is 16.1 Å². The molecule has 1 aliphatic carbocycles. The molecule has 1 aromatic rings. The van der Waals surface area contributed by atoms with Crippen LogP contribution >= 0.6 is 0 Å². The van der Waals surface area contributed by atoms with E-state index in [4.69, 9.17) is 0 Å². The normalized spacial score (nSPS) is 28.5. The van der Waals surface area contributed by atoms with E-state index in [2.05, 4.69) is 48.8 Å². The number of hydrogen-bond donors (Lipinski definition) is 4. The number of carbonyl (C=O) groups excluding carboxylic acids is 2. The van der Waals surface area contributed by atoms with E-state index in [1.54, 1.807) is 5.48 Å². The third kappa shape index (κ3) is 3.64. The van der Waals surface area contributed by atoms with Crippen LogP contribution in [0.4, 0.5) is 0 Å². The molecule has 28 heavy (non-hydrogen) atoms. The Morgan fingerprint density at radius 2 is 2.00 bits per heavy atom. The number of rotatable bonds is 4. The molecule has 1 saturated heterocycles. The van der Waals surface area contributed by atoms with Gasteiger partial charge >= 0.3 is 0 Å². The molecule has 1 saturated carbocycles. The van der Waals surface area contributed by atoms with Crippen LogP contribution in [-0.4, -0.2) is 42.1 Å². The van der Waals surface area contributed by atoms with Gasteiger partial charge in [-0.25, -0.2) is 5.48 Å². The number of ketones is 1. The van der Waals surface area contributed by atoms with Crippen LogP contribution in [0.15, 0.2) is 24.3 Å². The Balaban J connectivity index is 1.52. The van der Waals surface area contributed by atoms with Crippen molar-refractivity contribution in [2.24, 2.45) is 11.3 Å². The number of benzene rings is 1. The first-order valence-electron chi connectivity index (χ1n) is 10.1. The van der Waals surface area contributed by atoms with Crippen molar-refractivity contribution < 1.29 is 14.8 Å². The van der Waals surface area contributed by atoms with Gasteiger partial charge < -0.3 is 10.6 Å². The second-order valence-corrected chi connectivity index (χ2v) is 8.76. The van der Waals surface area contributed by atoms with Gasteiger partial charge in [-0.15, -0.1) is 0 Å². The van der Waals surface area contributed by atoms with E-state index in [-0.39, 0.29) is 17.2 Å². The van der Waals surface area contributed by atoms with E-state index in [0.29, 0.717) is 19.4 Å². The Hall–Kier alpha value is -2.02. The lowest BCUT2D eigenvalue weighted by molar-refractivity contribution is -0.140. The molecule has 3 atom stereocenters. The lowest BCUT2D eigenvalue weighted by atomic mass is 9.77. The number of piperidine rings is 1. The number of carbonyl (C=O) groups is 2. The summed E-state index contributed by atoms with van der Waals surface area (Å²) in [6.45, 7) is 5.57. The second-order valence-electron chi connectivity index (χ2n) is 8.76. The Bertz CT molecular complexity index is 828. The topological polar surface area (TPSA) is 90.5 Å². The van der Waals surface area contributed by atoms with Gasteiger partial charge in [0.2, 0.25) is 5.91 Å². The molecule has 4 rings (SSSR count). The van der Waals surface area contributed by atoms with Crippen molar-refractivity contribution in [3.63, 3.8) is 0 Å². The molecule has 2 aliphatic heterocycles. The molecule has 6 heteroatoms. The van der Waals surface area contributed by atoms with Gasteiger partial charge in [0.05, 0.1) is 18.0 Å². The quantitative estimate of drug-likeness (QED) is 0.471. The van der Waals surface area contributed by atoms with Gasteiger partial charge in [0.1, 0.15) is 0 Å². The number of amides is 1. The van der Waals surface area contributed by atoms with E-state index in [1.165, 1.54) is 22.3 Å². The maximum absolute atomic E-state index is 13.3. The van der Waals surface area contributed by atoms with Crippen molar-refractivity contribution in [3.8, 4) is 0 Å². The molecular weight excluding hydrogens is 354 g/mol. The Labute approximate surface area is 165 Å². The number of aryl methyl sites for hydroxylation is 2. The molecule has 3 aliphatic rings. The minimum atomic E-state index is -0.561. The number of nitrogens with one attached hydrogen (secondary N) is 3. The van der Waals surface area contributed by atoms with E-state index < -0.39 is 17.9 Å². The zero-order valence-corrected chi connectivity index (χ0v) is 16.5. The smallest absolute Gasteiger partial charge is 0.248 e. The van der Waals surface area contributed by atoms with Gasteiger partial charge in [0.25, 0.3) is 0 Å². The van der Waals surface area contributed by atoms with Crippen LogP contribution in [0.5, 0.6) is 0 Å². The predicted molar refractivity (Wildman–Crippen MR) is 107 cm³/mol. The van der Waals surface area contributed by atoms with Crippen molar-refractivity contribution >= 4 is 17.3 Å². The lowest BCUT2D eigenvalue weighted by Crippen LogP contribution is -2.59. The largest absolute Gasteiger partial charge is 0.306 e. The summed E-state index contributed by atoms with van der Waals surface area (Å²) < 4.78 is 0. The minimum Gasteiger partial charge on any atom is -0.306 e. The Morgan fingerprint density at radius 3 is 2.71 bits per heavy atom. The summed E-state index contributed by atoms with van der Waals surface area (Å²) in [7, 11) is 0. The molecule has 1 spiro atoms. The molecule has 2 fully saturated rings. The van der Waals surface area contributed by atoms with Crippen molar-refractivity contribution in [2.75, 3.05) is 13.1 Å². The highest BCUT2D eigenvalue weighted by atomic mass is 16.5. The van der Waals surface area contributed by atoms with Crippen LogP contribution in [0.3, 0.4) is 0 Å². The first-order chi connectivity index (χ1) is 13.4. The number of hydrogen-bond acceptors (Lipinski definition) is 5. The van der Waals surface area contributed by atoms with Crippen molar-refractivity contribution in [3.05, 3.63) is 41.0 Å². The zero-order chi connectivity index (χ0) is 19.9. The summed E-state index contributed by atoms with van der Waals surface area (Å²) in [4.78, 5) is 25.6. The molecule has 1 amide bonds. The van der Waals surface area contributed by atoms with E-state index >= 15 is 0 Å². The molecule has 1 aromatic carbocycles. The van der Waals surface area contributed by atoms with E-state index in [9.17, 15) is 14.8 Å². The molecule has 3 unspecified atom stereocenters. The Morgan fingerprint density at radius 1 is 1.21 bits per heavy atom. The van der Waals surface area contributed by atoms with Crippen LogP contribution in [0, 0.1) is 25.2 Å². The highest BCUT2D eigenvalue weighted by molar-refractivity contribution is 5.96. The predicted octanol–water partition coefficient (Wildman–Crippen LogP) is 1.88. The Kier molecular flexibility index (Phi) is 5.12. The zero-order valence-electron chi connectivity index (χ0n) is 16.5. The standard InChI is InChI=1S/C22H29N3O3/c1-13-3-4-14(2)16(9-13)15-5-8-23-18(10-15)20(26)19-17(21(27)25-28)11-22(6-7-22)12-24-19/h3-5,9,17-19,23-24,28H,6-8,10-12H2,1-2H3,(H,25,27). The average molecular weight is 383 g/mol.